The van der Waals surface area contributed by atoms with Gasteiger partial charge in [0.15, 0.2) is 0 Å². The van der Waals surface area contributed by atoms with Gasteiger partial charge in [-0.2, -0.15) is 0 Å². The van der Waals surface area contributed by atoms with E-state index in [0.29, 0.717) is 12.3 Å². The van der Waals surface area contributed by atoms with Crippen LogP contribution in [0.4, 0.5) is 17.1 Å². The molecule has 0 amide bonds. The van der Waals surface area contributed by atoms with Crippen LogP contribution in [0.15, 0.2) is 36.4 Å². The predicted octanol–water partition coefficient (Wildman–Crippen LogP) is 12.3. The van der Waals surface area contributed by atoms with Gasteiger partial charge in [-0.1, -0.05) is 133 Å². The van der Waals surface area contributed by atoms with E-state index < -0.39 is 0 Å². The molecule has 3 aliphatic heterocycles. The lowest BCUT2D eigenvalue weighted by atomic mass is 10.0. The Morgan fingerprint density at radius 3 is 1.85 bits per heavy atom. The minimum atomic E-state index is 0.178. The molecule has 3 aliphatic rings. The van der Waals surface area contributed by atoms with Gasteiger partial charge in [0.25, 0.3) is 0 Å². The molecule has 0 bridgehead atoms. The number of hydrogen-bond acceptors (Lipinski definition) is 7. The number of hydrogen-bond donors (Lipinski definition) is 4. The third-order valence-electron chi connectivity index (χ3n) is 9.34. The molecule has 54 heavy (non-hydrogen) atoms. The molecule has 2 fully saturated rings. The molecule has 5 N–H and O–H groups in total. The smallest absolute Gasteiger partial charge is 0.138 e. The Morgan fingerprint density at radius 1 is 0.778 bits per heavy atom. The van der Waals surface area contributed by atoms with E-state index in [4.69, 9.17) is 15.9 Å². The van der Waals surface area contributed by atoms with Gasteiger partial charge in [0, 0.05) is 38.3 Å². The summed E-state index contributed by atoms with van der Waals surface area (Å²) in [5.41, 5.74) is 10.7. The van der Waals surface area contributed by atoms with Gasteiger partial charge >= 0.3 is 0 Å². The van der Waals surface area contributed by atoms with Crippen molar-refractivity contribution < 1.29 is 10.2 Å². The topological polar surface area (TPSA) is 88.2 Å². The highest BCUT2D eigenvalue weighted by atomic mass is 16.3. The van der Waals surface area contributed by atoms with E-state index in [1.165, 1.54) is 108 Å². The highest BCUT2D eigenvalue weighted by molar-refractivity contribution is 5.72. The minimum absolute atomic E-state index is 0.178. The Morgan fingerprint density at radius 2 is 1.37 bits per heavy atom. The number of aliphatic hydroxyl groups is 1. The highest BCUT2D eigenvalue weighted by Gasteiger charge is 2.27. The van der Waals surface area contributed by atoms with Crippen LogP contribution in [-0.2, 0) is 0 Å². The number of aryl methyl sites for hydroxylation is 2. The number of nitrogens with one attached hydrogen (secondary N) is 1. The van der Waals surface area contributed by atoms with Crippen LogP contribution in [0.1, 0.15) is 164 Å². The molecule has 318 valence electrons. The van der Waals surface area contributed by atoms with Crippen molar-refractivity contribution in [2.75, 3.05) is 68.9 Å². The molecule has 2 aromatic carbocycles. The number of aliphatic hydroxyl groups excluding tert-OH is 1. The summed E-state index contributed by atoms with van der Waals surface area (Å²) in [6, 6.07) is 14.0. The number of phenols is 1. The number of phenolic OH excluding ortho intramolecular Hbond substituents is 1. The van der Waals surface area contributed by atoms with Crippen molar-refractivity contribution >= 4 is 17.1 Å². The van der Waals surface area contributed by atoms with Crippen LogP contribution in [0.3, 0.4) is 0 Å². The quantitative estimate of drug-likeness (QED) is 0.109. The van der Waals surface area contributed by atoms with E-state index in [-0.39, 0.29) is 5.75 Å². The van der Waals surface area contributed by atoms with Crippen LogP contribution in [0, 0.1) is 13.8 Å². The molecule has 2 unspecified atom stereocenters. The number of likely N-dealkylation sites (tertiary alicyclic amines) is 2. The second-order valence-corrected chi connectivity index (χ2v) is 13.8. The average molecular weight is 760 g/mol. The van der Waals surface area contributed by atoms with Crippen molar-refractivity contribution in [3.05, 3.63) is 47.5 Å². The van der Waals surface area contributed by atoms with Crippen LogP contribution in [0.25, 0.3) is 0 Å². The number of rotatable bonds is 10. The fraction of sp³-hybridized carbons (Fsp3) is 0.745. The van der Waals surface area contributed by atoms with Gasteiger partial charge < -0.3 is 31.1 Å². The molecule has 5 rings (SSSR count). The number of nitrogens with two attached hydrogens (primary N) is 1. The third-order valence-corrected chi connectivity index (χ3v) is 9.34. The largest absolute Gasteiger partial charge is 0.506 e. The molecule has 0 aromatic heterocycles. The summed E-state index contributed by atoms with van der Waals surface area (Å²) in [6.45, 7) is 34.6. The molecule has 2 aromatic rings. The Kier molecular flexibility index (Phi) is 40.1. The van der Waals surface area contributed by atoms with Gasteiger partial charge in [0.05, 0.1) is 17.1 Å². The summed E-state index contributed by atoms with van der Waals surface area (Å²) in [6.07, 6.45) is 15.8. The standard InChI is InChI=1S/C17H28N2.C9H18N2.C8H11NO.C4H10.C3H8O.3C2H6/c1-3-5-6-10-15(9-4-2)19-14-13-18-16-11-7-8-12-17(16)19;1-10-7-4-9(8-10)11-5-2-3-6-11;1-5-3-6(2)8(9)7(10)4-5;1-3-4-2;1-2-3-4;3*1-2/h7-8,11-12,15,18H,3-6,9-10,13-14H2,1-2H3;9H,2-8H2,1H3;3-4,10H,9H2,1-2H3;3-4H2,1-2H3;4H,2-3H2,1H3;3*1-2H3. The van der Waals surface area contributed by atoms with E-state index in [9.17, 15) is 0 Å². The maximum Gasteiger partial charge on any atom is 0.138 e. The van der Waals surface area contributed by atoms with Crippen molar-refractivity contribution in [1.82, 2.24) is 9.80 Å². The second kappa shape index (κ2) is 38.8. The van der Waals surface area contributed by atoms with Crippen molar-refractivity contribution in [1.29, 1.82) is 0 Å². The molecule has 0 spiro atoms. The van der Waals surface area contributed by atoms with Crippen LogP contribution in [0.5, 0.6) is 5.75 Å². The number of aromatic hydroxyl groups is 1. The maximum atomic E-state index is 9.16. The molecule has 2 saturated heterocycles. The average Bonchev–Trinajstić information content (AvgIpc) is 3.92. The predicted molar refractivity (Wildman–Crippen MR) is 246 cm³/mol. The fourth-order valence-corrected chi connectivity index (χ4v) is 6.38. The lowest BCUT2D eigenvalue weighted by Gasteiger charge is -2.38. The first kappa shape index (κ1) is 55.9. The minimum Gasteiger partial charge on any atom is -0.506 e. The number of nitrogen functional groups attached to an aromatic ring is 1. The first-order valence-corrected chi connectivity index (χ1v) is 22.4. The summed E-state index contributed by atoms with van der Waals surface area (Å²) in [4.78, 5) is 7.76. The molecule has 7 nitrogen and oxygen atoms in total. The van der Waals surface area contributed by atoms with E-state index in [0.717, 1.165) is 42.7 Å². The molecule has 2 atom stereocenters. The Balaban J connectivity index is -0.000000640. The van der Waals surface area contributed by atoms with Gasteiger partial charge in [0.2, 0.25) is 0 Å². The molecule has 0 radical (unpaired) electrons. The number of likely N-dealkylation sites (N-methyl/N-ethyl adjacent to an activating group) is 1. The summed E-state index contributed by atoms with van der Waals surface area (Å²) in [5.74, 6) is 0.178. The van der Waals surface area contributed by atoms with E-state index in [1.807, 2.05) is 68.4 Å². The first-order valence-electron chi connectivity index (χ1n) is 22.4. The number of benzene rings is 2. The third kappa shape index (κ3) is 24.8. The van der Waals surface area contributed by atoms with Gasteiger partial charge in [-0.3, -0.25) is 4.90 Å². The lowest BCUT2D eigenvalue weighted by molar-refractivity contribution is 0.242. The zero-order chi connectivity index (χ0) is 41.7. The molecular weight excluding hydrogens is 667 g/mol. The number of nitrogens with zero attached hydrogens (tertiary/aromatic N) is 3. The van der Waals surface area contributed by atoms with Crippen molar-refractivity contribution in [3.63, 3.8) is 0 Å². The normalized spacial score (nSPS) is 16.0. The molecule has 3 heterocycles. The van der Waals surface area contributed by atoms with E-state index >= 15 is 0 Å². The Hall–Kier alpha value is -2.48. The van der Waals surface area contributed by atoms with Gasteiger partial charge in [-0.05, 0) is 108 Å². The van der Waals surface area contributed by atoms with Gasteiger partial charge in [-0.25, -0.2) is 0 Å². The van der Waals surface area contributed by atoms with Crippen LogP contribution in [0.2, 0.25) is 0 Å². The number of anilines is 3. The van der Waals surface area contributed by atoms with Crippen LogP contribution < -0.4 is 16.0 Å². The maximum absolute atomic E-state index is 9.16. The number of unbranched alkanes of at least 4 members (excludes halogenated alkanes) is 3. The zero-order valence-electron chi connectivity index (χ0n) is 38.4. The van der Waals surface area contributed by atoms with E-state index in [1.54, 1.807) is 6.07 Å². The van der Waals surface area contributed by atoms with Crippen molar-refractivity contribution in [2.45, 2.75) is 179 Å². The Bertz CT molecular complexity index is 1040. The first-order chi connectivity index (χ1) is 26.2. The van der Waals surface area contributed by atoms with Crippen LogP contribution in [-0.4, -0.2) is 85.0 Å². The lowest BCUT2D eigenvalue weighted by Crippen LogP contribution is -2.41. The molecule has 0 saturated carbocycles. The van der Waals surface area contributed by atoms with Crippen molar-refractivity contribution in [2.24, 2.45) is 0 Å². The SMILES string of the molecule is CC.CC.CC.CCCC.CCCCCC(CCC)N1CCNc2ccccc21.CCCO.CN1CCC(N2CCCC2)C1.Cc1cc(C)c(N)c(O)c1. The summed E-state index contributed by atoms with van der Waals surface area (Å²) >= 11 is 0. The number of fused-ring (bicyclic) bond motifs is 1. The molecule has 7 heteroatoms. The molecule has 0 aliphatic carbocycles. The van der Waals surface area contributed by atoms with Crippen LogP contribution >= 0.6 is 0 Å². The summed E-state index contributed by atoms with van der Waals surface area (Å²) in [7, 11) is 2.23. The monoisotopic (exact) mass is 760 g/mol. The fourth-order valence-electron chi connectivity index (χ4n) is 6.38. The second-order valence-electron chi connectivity index (χ2n) is 13.8. The van der Waals surface area contributed by atoms with E-state index in [2.05, 4.69) is 79.0 Å². The zero-order valence-corrected chi connectivity index (χ0v) is 38.4. The summed E-state index contributed by atoms with van der Waals surface area (Å²) in [5, 5.41) is 20.5. The number of para-hydroxylation sites is 2. The van der Waals surface area contributed by atoms with Gasteiger partial charge in [0.1, 0.15) is 5.75 Å². The summed E-state index contributed by atoms with van der Waals surface area (Å²) < 4.78 is 0. The molecular formula is C47H93N5O2. The van der Waals surface area contributed by atoms with Crippen molar-refractivity contribution in [3.8, 4) is 5.75 Å². The Labute approximate surface area is 337 Å². The highest BCUT2D eigenvalue weighted by Crippen LogP contribution is 2.32. The van der Waals surface area contributed by atoms with Gasteiger partial charge in [-0.15, -0.1) is 0 Å².